The first kappa shape index (κ1) is 29.7. The van der Waals surface area contributed by atoms with Gasteiger partial charge in [-0.1, -0.05) is 37.3 Å². The number of amides is 1. The van der Waals surface area contributed by atoms with Gasteiger partial charge in [0.25, 0.3) is 5.91 Å². The van der Waals surface area contributed by atoms with E-state index in [0.717, 1.165) is 18.1 Å². The van der Waals surface area contributed by atoms with E-state index in [1.54, 1.807) is 18.2 Å². The molecule has 10 heteroatoms. The summed E-state index contributed by atoms with van der Waals surface area (Å²) in [7, 11) is -3.22. The van der Waals surface area contributed by atoms with Gasteiger partial charge in [-0.15, -0.1) is 12.4 Å². The number of sulfone groups is 1. The van der Waals surface area contributed by atoms with E-state index in [-0.39, 0.29) is 48.0 Å². The quantitative estimate of drug-likeness (QED) is 0.347. The van der Waals surface area contributed by atoms with Crippen molar-refractivity contribution in [2.75, 3.05) is 6.54 Å². The number of fused-ring (bicyclic) bond motifs is 1. The highest BCUT2D eigenvalue weighted by molar-refractivity contribution is 7.90. The van der Waals surface area contributed by atoms with Gasteiger partial charge in [-0.3, -0.25) is 4.79 Å². The molecule has 2 atom stereocenters. The average molecular weight is 565 g/mol. The summed E-state index contributed by atoms with van der Waals surface area (Å²) < 4.78 is 51.5. The van der Waals surface area contributed by atoms with Crippen molar-refractivity contribution in [3.8, 4) is 0 Å². The lowest BCUT2D eigenvalue weighted by Crippen LogP contribution is -2.48. The van der Waals surface area contributed by atoms with Gasteiger partial charge >= 0.3 is 0 Å². The van der Waals surface area contributed by atoms with Gasteiger partial charge < -0.3 is 15.7 Å². The van der Waals surface area contributed by atoms with Gasteiger partial charge in [0.05, 0.1) is 23.7 Å². The summed E-state index contributed by atoms with van der Waals surface area (Å²) in [6, 6.07) is 15.0. The molecular formula is C28H31ClF2N2O4S. The van der Waals surface area contributed by atoms with Crippen LogP contribution in [0.15, 0.2) is 60.7 Å². The minimum atomic E-state index is -3.22. The van der Waals surface area contributed by atoms with Crippen molar-refractivity contribution in [2.45, 2.75) is 50.0 Å². The van der Waals surface area contributed by atoms with Crippen LogP contribution in [0.2, 0.25) is 0 Å². The molecule has 1 aliphatic heterocycles. The second-order valence-electron chi connectivity index (χ2n) is 9.45. The highest BCUT2D eigenvalue weighted by Crippen LogP contribution is 2.26. The Morgan fingerprint density at radius 2 is 1.63 bits per heavy atom. The number of nitrogens with one attached hydrogen (secondary N) is 2. The lowest BCUT2D eigenvalue weighted by molar-refractivity contribution is 0.0829. The van der Waals surface area contributed by atoms with Gasteiger partial charge in [-0.05, 0) is 64.9 Å². The zero-order chi connectivity index (χ0) is 26.6. The Hall–Kier alpha value is -2.85. The maximum absolute atomic E-state index is 13.8. The number of aliphatic hydroxyl groups is 1. The number of carbonyl (C=O) groups excluding carboxylic acids is 1. The van der Waals surface area contributed by atoms with Crippen LogP contribution in [0.5, 0.6) is 0 Å². The molecule has 3 aromatic carbocycles. The van der Waals surface area contributed by atoms with E-state index in [0.29, 0.717) is 17.7 Å². The fraction of sp³-hybridized carbons (Fsp3) is 0.321. The number of aryl methyl sites for hydroxylation is 1. The van der Waals surface area contributed by atoms with Gasteiger partial charge in [-0.25, -0.2) is 17.2 Å². The molecule has 4 rings (SSSR count). The third-order valence-corrected chi connectivity index (χ3v) is 7.96. The molecule has 1 aliphatic rings. The Labute approximate surface area is 227 Å². The highest BCUT2D eigenvalue weighted by Gasteiger charge is 2.27. The SMILES string of the molecule is CCc1cccc(CNC[C@H](O)[C@H](Cc2cc(F)cc(F)c2)NC(=O)c2ccc3c(c2)CS(=O)(=O)C3)c1.Cl. The number of hydrogen-bond acceptors (Lipinski definition) is 5. The van der Waals surface area contributed by atoms with Crippen LogP contribution in [-0.2, 0) is 40.7 Å². The number of aliphatic hydroxyl groups excluding tert-OH is 1. The van der Waals surface area contributed by atoms with E-state index >= 15 is 0 Å². The van der Waals surface area contributed by atoms with E-state index in [4.69, 9.17) is 0 Å². The molecule has 3 aromatic rings. The standard InChI is InChI=1S/C28H30F2N2O4S.ClH/c1-2-18-4-3-5-19(8-18)14-31-15-27(33)26(11-20-9-24(29)13-25(30)10-20)32-28(34)21-6-7-22-16-37(35,36)17-23(22)12-21;/h3-10,12-13,26-27,31,33H,2,11,14-17H2,1H3,(H,32,34);1H/t26-,27-;/m0./s1. The molecule has 6 nitrogen and oxygen atoms in total. The molecule has 1 amide bonds. The van der Waals surface area contributed by atoms with Gasteiger partial charge in [-0.2, -0.15) is 0 Å². The summed E-state index contributed by atoms with van der Waals surface area (Å²) in [6.07, 6.45) is -0.170. The molecule has 204 valence electrons. The molecule has 0 aliphatic carbocycles. The van der Waals surface area contributed by atoms with E-state index in [9.17, 15) is 27.1 Å². The van der Waals surface area contributed by atoms with E-state index < -0.39 is 39.5 Å². The number of carbonyl (C=O) groups is 1. The zero-order valence-electron chi connectivity index (χ0n) is 20.9. The fourth-order valence-corrected chi connectivity index (χ4v) is 6.15. The molecule has 0 radical (unpaired) electrons. The first-order chi connectivity index (χ1) is 17.6. The molecule has 1 heterocycles. The number of benzene rings is 3. The lowest BCUT2D eigenvalue weighted by Gasteiger charge is -2.25. The van der Waals surface area contributed by atoms with Crippen molar-refractivity contribution < 1.29 is 27.1 Å². The smallest absolute Gasteiger partial charge is 0.251 e. The van der Waals surface area contributed by atoms with Crippen LogP contribution in [0.3, 0.4) is 0 Å². The summed E-state index contributed by atoms with van der Waals surface area (Å²) in [5.74, 6) is -2.18. The summed E-state index contributed by atoms with van der Waals surface area (Å²) in [5.41, 5.74) is 4.03. The third-order valence-electron chi connectivity index (χ3n) is 6.46. The number of halogens is 3. The minimum absolute atomic E-state index is 0. The Kier molecular flexibility index (Phi) is 10.0. The van der Waals surface area contributed by atoms with Gasteiger partial charge in [0.2, 0.25) is 0 Å². The molecule has 0 bridgehead atoms. The Morgan fingerprint density at radius 3 is 2.34 bits per heavy atom. The number of hydrogen-bond donors (Lipinski definition) is 3. The second kappa shape index (κ2) is 12.8. The fourth-order valence-electron chi connectivity index (χ4n) is 4.55. The van der Waals surface area contributed by atoms with Gasteiger partial charge in [0, 0.05) is 24.7 Å². The van der Waals surface area contributed by atoms with Crippen molar-refractivity contribution in [3.05, 3.63) is 106 Å². The molecular weight excluding hydrogens is 534 g/mol. The monoisotopic (exact) mass is 564 g/mol. The maximum atomic E-state index is 13.8. The first-order valence-electron chi connectivity index (χ1n) is 12.2. The molecule has 0 spiro atoms. The van der Waals surface area contributed by atoms with Crippen LogP contribution >= 0.6 is 12.4 Å². The van der Waals surface area contributed by atoms with Crippen LogP contribution < -0.4 is 10.6 Å². The van der Waals surface area contributed by atoms with Crippen molar-refractivity contribution in [1.29, 1.82) is 0 Å². The Morgan fingerprint density at radius 1 is 0.947 bits per heavy atom. The summed E-state index contributed by atoms with van der Waals surface area (Å²) in [6.45, 7) is 2.69. The summed E-state index contributed by atoms with van der Waals surface area (Å²) >= 11 is 0. The largest absolute Gasteiger partial charge is 0.390 e. The highest BCUT2D eigenvalue weighted by atomic mass is 35.5. The lowest BCUT2D eigenvalue weighted by atomic mass is 9.99. The number of rotatable bonds is 10. The zero-order valence-corrected chi connectivity index (χ0v) is 22.5. The maximum Gasteiger partial charge on any atom is 0.251 e. The van der Waals surface area contributed by atoms with Crippen molar-refractivity contribution in [1.82, 2.24) is 10.6 Å². The molecule has 0 unspecified atom stereocenters. The topological polar surface area (TPSA) is 95.5 Å². The van der Waals surface area contributed by atoms with Crippen LogP contribution in [0.1, 0.15) is 45.1 Å². The molecule has 0 fully saturated rings. The Bertz CT molecular complexity index is 1380. The van der Waals surface area contributed by atoms with Gasteiger partial charge in [0.15, 0.2) is 9.84 Å². The second-order valence-corrected chi connectivity index (χ2v) is 11.5. The summed E-state index contributed by atoms with van der Waals surface area (Å²) in [4.78, 5) is 13.1. The van der Waals surface area contributed by atoms with Crippen molar-refractivity contribution in [3.63, 3.8) is 0 Å². The predicted molar refractivity (Wildman–Crippen MR) is 145 cm³/mol. The predicted octanol–water partition coefficient (Wildman–Crippen LogP) is 3.87. The third kappa shape index (κ3) is 7.83. The minimum Gasteiger partial charge on any atom is -0.390 e. The van der Waals surface area contributed by atoms with Crippen LogP contribution in [-0.4, -0.2) is 38.1 Å². The van der Waals surface area contributed by atoms with Crippen LogP contribution in [0.4, 0.5) is 8.78 Å². The molecule has 3 N–H and O–H groups in total. The average Bonchev–Trinajstić information content (AvgIpc) is 3.16. The first-order valence-corrected chi connectivity index (χ1v) is 14.0. The van der Waals surface area contributed by atoms with Crippen molar-refractivity contribution >= 4 is 28.2 Å². The van der Waals surface area contributed by atoms with E-state index in [1.807, 2.05) is 18.2 Å². The molecule has 0 saturated heterocycles. The van der Waals surface area contributed by atoms with E-state index in [2.05, 4.69) is 23.6 Å². The molecule has 0 saturated carbocycles. The normalized spacial score (nSPS) is 15.3. The van der Waals surface area contributed by atoms with E-state index in [1.165, 1.54) is 17.7 Å². The Balaban J connectivity index is 0.00000400. The van der Waals surface area contributed by atoms with Crippen LogP contribution in [0.25, 0.3) is 0 Å². The van der Waals surface area contributed by atoms with Crippen LogP contribution in [0, 0.1) is 11.6 Å². The van der Waals surface area contributed by atoms with Gasteiger partial charge in [0.1, 0.15) is 11.6 Å². The summed E-state index contributed by atoms with van der Waals surface area (Å²) in [5, 5.41) is 16.9. The van der Waals surface area contributed by atoms with Crippen molar-refractivity contribution in [2.24, 2.45) is 0 Å². The molecule has 38 heavy (non-hydrogen) atoms. The molecule has 0 aromatic heterocycles.